The molecular weight excluding hydrogens is 286 g/mol. The number of hydrogen-bond acceptors (Lipinski definition) is 4. The maximum Gasteiger partial charge on any atom is 0.216 e. The highest BCUT2D eigenvalue weighted by Crippen LogP contribution is 2.10. The Kier molecular flexibility index (Phi) is 6.34. The Morgan fingerprint density at radius 2 is 1.81 bits per heavy atom. The normalized spacial score (nSPS) is 13.4. The third-order valence-electron chi connectivity index (χ3n) is 3.14. The molecular formula is C15H23N3O2S. The molecule has 116 valence electrons. The van der Waals surface area contributed by atoms with Crippen molar-refractivity contribution in [2.45, 2.75) is 25.6 Å². The zero-order chi connectivity index (χ0) is 16.0. The second-order valence-corrected chi connectivity index (χ2v) is 7.55. The van der Waals surface area contributed by atoms with Gasteiger partial charge < -0.3 is 4.90 Å². The van der Waals surface area contributed by atoms with Gasteiger partial charge in [0, 0.05) is 12.6 Å². The summed E-state index contributed by atoms with van der Waals surface area (Å²) in [5.41, 5.74) is 1.20. The van der Waals surface area contributed by atoms with Crippen molar-refractivity contribution < 1.29 is 8.42 Å². The fourth-order valence-electron chi connectivity index (χ4n) is 1.94. The lowest BCUT2D eigenvalue weighted by molar-refractivity contribution is 0.314. The molecule has 0 amide bonds. The lowest BCUT2D eigenvalue weighted by Gasteiger charge is -2.25. The number of sulfonamides is 1. The zero-order valence-corrected chi connectivity index (χ0v) is 13.8. The Labute approximate surface area is 127 Å². The van der Waals surface area contributed by atoms with Gasteiger partial charge in [-0.1, -0.05) is 26.0 Å². The molecule has 1 aromatic carbocycles. The largest absolute Gasteiger partial charge is 0.308 e. The SMILES string of the molecule is CC(C)C(CN(C)C)NS(=O)(=O)Cc1ccc(C#N)cc1. The molecule has 0 aromatic heterocycles. The summed E-state index contributed by atoms with van der Waals surface area (Å²) in [7, 11) is 0.438. The average molecular weight is 309 g/mol. The minimum Gasteiger partial charge on any atom is -0.308 e. The van der Waals surface area contributed by atoms with Crippen LogP contribution in [0.3, 0.4) is 0 Å². The molecule has 1 N–H and O–H groups in total. The van der Waals surface area contributed by atoms with Crippen molar-refractivity contribution in [2.24, 2.45) is 5.92 Å². The molecule has 1 unspecified atom stereocenters. The number of nitrogens with zero attached hydrogens (tertiary/aromatic N) is 2. The molecule has 0 spiro atoms. The molecule has 0 radical (unpaired) electrons. The van der Waals surface area contributed by atoms with Crippen LogP contribution >= 0.6 is 0 Å². The van der Waals surface area contributed by atoms with E-state index in [1.54, 1.807) is 24.3 Å². The highest BCUT2D eigenvalue weighted by atomic mass is 32.2. The van der Waals surface area contributed by atoms with Crippen molar-refractivity contribution in [1.82, 2.24) is 9.62 Å². The van der Waals surface area contributed by atoms with Crippen molar-refractivity contribution in [1.29, 1.82) is 5.26 Å². The molecule has 1 aromatic rings. The van der Waals surface area contributed by atoms with Crippen molar-refractivity contribution in [3.63, 3.8) is 0 Å². The minimum atomic E-state index is -3.40. The first-order valence-electron chi connectivity index (χ1n) is 6.87. The quantitative estimate of drug-likeness (QED) is 0.829. The summed E-state index contributed by atoms with van der Waals surface area (Å²) in [5, 5.41) is 8.74. The fraction of sp³-hybridized carbons (Fsp3) is 0.533. The number of hydrogen-bond donors (Lipinski definition) is 1. The first kappa shape index (κ1) is 17.6. The highest BCUT2D eigenvalue weighted by Gasteiger charge is 2.21. The Hall–Kier alpha value is -1.42. The van der Waals surface area contributed by atoms with Crippen molar-refractivity contribution in [3.05, 3.63) is 35.4 Å². The Morgan fingerprint density at radius 3 is 2.24 bits per heavy atom. The van der Waals surface area contributed by atoms with Crippen LogP contribution in [0.25, 0.3) is 0 Å². The van der Waals surface area contributed by atoms with Gasteiger partial charge in [-0.15, -0.1) is 0 Å². The molecule has 0 heterocycles. The average Bonchev–Trinajstić information content (AvgIpc) is 2.37. The number of nitrogens with one attached hydrogen (secondary N) is 1. The zero-order valence-electron chi connectivity index (χ0n) is 13.0. The van der Waals surface area contributed by atoms with E-state index in [-0.39, 0.29) is 17.7 Å². The number of rotatable bonds is 7. The maximum absolute atomic E-state index is 12.3. The molecule has 0 saturated carbocycles. The Morgan fingerprint density at radius 1 is 1.24 bits per heavy atom. The molecule has 0 bridgehead atoms. The second kappa shape index (κ2) is 7.55. The summed E-state index contributed by atoms with van der Waals surface area (Å²) < 4.78 is 27.3. The van der Waals surface area contributed by atoms with E-state index >= 15 is 0 Å². The minimum absolute atomic E-state index is 0.0741. The van der Waals surface area contributed by atoms with Gasteiger partial charge in [0.05, 0.1) is 17.4 Å². The molecule has 21 heavy (non-hydrogen) atoms. The van der Waals surface area contributed by atoms with Crippen LogP contribution in [0.2, 0.25) is 0 Å². The number of nitriles is 1. The standard InChI is InChI=1S/C15H23N3O2S/c1-12(2)15(10-18(3)4)17-21(19,20)11-14-7-5-13(9-16)6-8-14/h5-8,12,15,17H,10-11H2,1-4H3. The van der Waals surface area contributed by atoms with E-state index in [1.807, 2.05) is 38.9 Å². The van der Waals surface area contributed by atoms with Crippen LogP contribution in [0.15, 0.2) is 24.3 Å². The first-order chi connectivity index (χ1) is 9.73. The van der Waals surface area contributed by atoms with Gasteiger partial charge in [-0.05, 0) is 37.7 Å². The predicted octanol–water partition coefficient (Wildman–Crippen LogP) is 1.56. The van der Waals surface area contributed by atoms with Crippen molar-refractivity contribution >= 4 is 10.0 Å². The molecule has 1 rings (SSSR count). The van der Waals surface area contributed by atoms with Crippen molar-refractivity contribution in [2.75, 3.05) is 20.6 Å². The smallest absolute Gasteiger partial charge is 0.216 e. The molecule has 1 atom stereocenters. The van der Waals surface area contributed by atoms with Crippen molar-refractivity contribution in [3.8, 4) is 6.07 Å². The van der Waals surface area contributed by atoms with Gasteiger partial charge in [-0.2, -0.15) is 5.26 Å². The van der Waals surface area contributed by atoms with Crippen LogP contribution in [0.1, 0.15) is 25.0 Å². The summed E-state index contributed by atoms with van der Waals surface area (Å²) in [6, 6.07) is 8.50. The van der Waals surface area contributed by atoms with Crippen LogP contribution in [-0.2, 0) is 15.8 Å². The lowest BCUT2D eigenvalue weighted by Crippen LogP contribution is -2.45. The predicted molar refractivity (Wildman–Crippen MR) is 84.1 cm³/mol. The van der Waals surface area contributed by atoms with Crippen LogP contribution in [0, 0.1) is 17.2 Å². The van der Waals surface area contributed by atoms with Gasteiger partial charge in [-0.25, -0.2) is 13.1 Å². The second-order valence-electron chi connectivity index (χ2n) is 5.80. The third-order valence-corrected chi connectivity index (χ3v) is 4.51. The van der Waals surface area contributed by atoms with E-state index in [0.717, 1.165) is 0 Å². The van der Waals surface area contributed by atoms with Gasteiger partial charge >= 0.3 is 0 Å². The fourth-order valence-corrected chi connectivity index (χ4v) is 3.47. The van der Waals surface area contributed by atoms with E-state index in [2.05, 4.69) is 4.72 Å². The van der Waals surface area contributed by atoms with Gasteiger partial charge in [0.15, 0.2) is 0 Å². The molecule has 0 aliphatic carbocycles. The van der Waals surface area contributed by atoms with E-state index in [4.69, 9.17) is 5.26 Å². The Bertz CT molecular complexity index is 586. The van der Waals surface area contributed by atoms with Gasteiger partial charge in [0.25, 0.3) is 0 Å². The van der Waals surface area contributed by atoms with Crippen LogP contribution in [0.4, 0.5) is 0 Å². The Balaban J connectivity index is 2.77. The maximum atomic E-state index is 12.3. The highest BCUT2D eigenvalue weighted by molar-refractivity contribution is 7.88. The first-order valence-corrected chi connectivity index (χ1v) is 8.52. The molecule has 5 nitrogen and oxygen atoms in total. The number of benzene rings is 1. The third kappa shape index (κ3) is 6.25. The summed E-state index contributed by atoms with van der Waals surface area (Å²) in [4.78, 5) is 1.97. The molecule has 0 fully saturated rings. The molecule has 0 saturated heterocycles. The summed E-state index contributed by atoms with van der Waals surface area (Å²) >= 11 is 0. The van der Waals surface area contributed by atoms with Gasteiger partial charge in [-0.3, -0.25) is 0 Å². The molecule has 0 aliphatic rings. The number of likely N-dealkylation sites (N-methyl/N-ethyl adjacent to an activating group) is 1. The van der Waals surface area contributed by atoms with Crippen LogP contribution in [0.5, 0.6) is 0 Å². The summed E-state index contributed by atoms with van der Waals surface area (Å²) in [6.07, 6.45) is 0. The van der Waals surface area contributed by atoms with E-state index in [1.165, 1.54) is 0 Å². The van der Waals surface area contributed by atoms with E-state index in [0.29, 0.717) is 17.7 Å². The van der Waals surface area contributed by atoms with E-state index < -0.39 is 10.0 Å². The van der Waals surface area contributed by atoms with Crippen LogP contribution < -0.4 is 4.72 Å². The topological polar surface area (TPSA) is 73.2 Å². The molecule has 0 aliphatic heterocycles. The summed E-state index contributed by atoms with van der Waals surface area (Å²) in [5.74, 6) is 0.137. The van der Waals surface area contributed by atoms with E-state index in [9.17, 15) is 8.42 Å². The summed E-state index contributed by atoms with van der Waals surface area (Å²) in [6.45, 7) is 4.65. The van der Waals surface area contributed by atoms with Crippen LogP contribution in [-0.4, -0.2) is 40.0 Å². The van der Waals surface area contributed by atoms with Gasteiger partial charge in [0.2, 0.25) is 10.0 Å². The van der Waals surface area contributed by atoms with Gasteiger partial charge in [0.1, 0.15) is 0 Å². The molecule has 6 heteroatoms. The monoisotopic (exact) mass is 309 g/mol. The lowest BCUT2D eigenvalue weighted by atomic mass is 10.1.